The first-order valence-corrected chi connectivity index (χ1v) is 6.69. The molecule has 0 saturated heterocycles. The molecule has 1 fully saturated rings. The molecule has 0 spiro atoms. The van der Waals surface area contributed by atoms with Gasteiger partial charge in [0.15, 0.2) is 11.5 Å². The Bertz CT molecular complexity index is 469. The van der Waals surface area contributed by atoms with Crippen molar-refractivity contribution in [2.45, 2.75) is 31.8 Å². The van der Waals surface area contributed by atoms with Crippen molar-refractivity contribution in [3.63, 3.8) is 0 Å². The number of hydrogen-bond acceptors (Lipinski definition) is 4. The summed E-state index contributed by atoms with van der Waals surface area (Å²) in [6, 6.07) is 5.28. The van der Waals surface area contributed by atoms with E-state index in [2.05, 4.69) is 5.48 Å². The van der Waals surface area contributed by atoms with Gasteiger partial charge in [0.2, 0.25) is 0 Å². The molecule has 5 nitrogen and oxygen atoms in total. The molecular weight excluding hydrogens is 246 g/mol. The first-order chi connectivity index (χ1) is 9.34. The van der Waals surface area contributed by atoms with E-state index in [4.69, 9.17) is 14.3 Å². The monoisotopic (exact) mass is 263 g/mol. The van der Waals surface area contributed by atoms with Crippen LogP contribution in [0.25, 0.3) is 0 Å². The zero-order valence-corrected chi connectivity index (χ0v) is 10.7. The van der Waals surface area contributed by atoms with Crippen molar-refractivity contribution < 1.29 is 19.1 Å². The van der Waals surface area contributed by atoms with E-state index in [1.54, 1.807) is 18.2 Å². The highest BCUT2D eigenvalue weighted by Crippen LogP contribution is 2.33. The molecule has 102 valence electrons. The van der Waals surface area contributed by atoms with Crippen LogP contribution in [-0.2, 0) is 4.84 Å². The van der Waals surface area contributed by atoms with Gasteiger partial charge in [0.05, 0.1) is 11.7 Å². The van der Waals surface area contributed by atoms with Crippen LogP contribution < -0.4 is 15.0 Å². The number of benzene rings is 1. The fourth-order valence-corrected chi connectivity index (χ4v) is 2.45. The molecule has 1 heterocycles. The van der Waals surface area contributed by atoms with Gasteiger partial charge in [0.25, 0.3) is 5.91 Å². The minimum Gasteiger partial charge on any atom is -0.486 e. The zero-order chi connectivity index (χ0) is 13.1. The van der Waals surface area contributed by atoms with E-state index in [9.17, 15) is 4.79 Å². The number of fused-ring (bicyclic) bond motifs is 1. The second-order valence-electron chi connectivity index (χ2n) is 4.79. The fraction of sp³-hybridized carbons (Fsp3) is 0.500. The number of nitrogens with one attached hydrogen (secondary N) is 1. The number of carbonyl (C=O) groups is 1. The first-order valence-electron chi connectivity index (χ1n) is 6.69. The number of hydrogen-bond donors (Lipinski definition) is 1. The second-order valence-corrected chi connectivity index (χ2v) is 4.79. The standard InChI is InChI=1S/C14H17NO4/c16-14(15-19-10-4-1-2-5-10)11-6-3-7-12-13(11)18-9-8-17-12/h3,6-7,10H,1-2,4-5,8-9H2,(H,15,16). The lowest BCUT2D eigenvalue weighted by Gasteiger charge is -2.20. The molecule has 0 radical (unpaired) electrons. The maximum Gasteiger partial charge on any atom is 0.278 e. The predicted molar refractivity (Wildman–Crippen MR) is 68.2 cm³/mol. The van der Waals surface area contributed by atoms with Crippen LogP contribution in [0, 0.1) is 0 Å². The summed E-state index contributed by atoms with van der Waals surface area (Å²) in [6.45, 7) is 0.970. The summed E-state index contributed by atoms with van der Waals surface area (Å²) < 4.78 is 11.0. The summed E-state index contributed by atoms with van der Waals surface area (Å²) in [6.07, 6.45) is 4.48. The van der Waals surface area contributed by atoms with Gasteiger partial charge in [-0.25, -0.2) is 5.48 Å². The quantitative estimate of drug-likeness (QED) is 0.848. The van der Waals surface area contributed by atoms with Crippen molar-refractivity contribution in [1.82, 2.24) is 5.48 Å². The van der Waals surface area contributed by atoms with Crippen LogP contribution in [0.4, 0.5) is 0 Å². The average Bonchev–Trinajstić information content (AvgIpc) is 2.97. The molecule has 1 aromatic rings. The molecule has 3 rings (SSSR count). The van der Waals surface area contributed by atoms with Crippen molar-refractivity contribution >= 4 is 5.91 Å². The third-order valence-electron chi connectivity index (χ3n) is 3.43. The number of para-hydroxylation sites is 1. The molecule has 1 amide bonds. The molecule has 1 aliphatic carbocycles. The molecule has 2 aliphatic rings. The van der Waals surface area contributed by atoms with Crippen LogP contribution >= 0.6 is 0 Å². The summed E-state index contributed by atoms with van der Waals surface area (Å²) in [4.78, 5) is 17.5. The van der Waals surface area contributed by atoms with Crippen molar-refractivity contribution in [2.24, 2.45) is 0 Å². The van der Waals surface area contributed by atoms with E-state index >= 15 is 0 Å². The summed E-state index contributed by atoms with van der Waals surface area (Å²) in [7, 11) is 0. The third kappa shape index (κ3) is 2.66. The second kappa shape index (κ2) is 5.48. The number of amides is 1. The van der Waals surface area contributed by atoms with Gasteiger partial charge in [-0.1, -0.05) is 18.9 Å². The van der Waals surface area contributed by atoms with Crippen molar-refractivity contribution in [1.29, 1.82) is 0 Å². The highest BCUT2D eigenvalue weighted by atomic mass is 16.7. The topological polar surface area (TPSA) is 56.8 Å². The normalized spacial score (nSPS) is 18.3. The molecule has 0 aromatic heterocycles. The lowest BCUT2D eigenvalue weighted by Crippen LogP contribution is -2.29. The molecule has 1 saturated carbocycles. The van der Waals surface area contributed by atoms with E-state index < -0.39 is 0 Å². The van der Waals surface area contributed by atoms with Gasteiger partial charge in [-0.3, -0.25) is 9.63 Å². The molecule has 0 bridgehead atoms. The molecule has 1 aliphatic heterocycles. The summed E-state index contributed by atoms with van der Waals surface area (Å²) in [5.74, 6) is 0.829. The van der Waals surface area contributed by atoms with E-state index in [0.717, 1.165) is 25.7 Å². The van der Waals surface area contributed by atoms with Gasteiger partial charge in [0.1, 0.15) is 13.2 Å². The van der Waals surface area contributed by atoms with Crippen LogP contribution in [0.15, 0.2) is 18.2 Å². The maximum absolute atomic E-state index is 12.1. The Hall–Kier alpha value is -1.75. The Morgan fingerprint density at radius 3 is 2.84 bits per heavy atom. The Labute approximate surface area is 111 Å². The van der Waals surface area contributed by atoms with Crippen LogP contribution in [0.2, 0.25) is 0 Å². The summed E-state index contributed by atoms with van der Waals surface area (Å²) in [5, 5.41) is 0. The van der Waals surface area contributed by atoms with Crippen LogP contribution in [-0.4, -0.2) is 25.2 Å². The third-order valence-corrected chi connectivity index (χ3v) is 3.43. The van der Waals surface area contributed by atoms with Gasteiger partial charge >= 0.3 is 0 Å². The Morgan fingerprint density at radius 1 is 1.21 bits per heavy atom. The first kappa shape index (κ1) is 12.3. The molecule has 1 aromatic carbocycles. The van der Waals surface area contributed by atoms with Crippen molar-refractivity contribution in [3.05, 3.63) is 23.8 Å². The van der Waals surface area contributed by atoms with Gasteiger partial charge in [0, 0.05) is 0 Å². The molecule has 0 unspecified atom stereocenters. The largest absolute Gasteiger partial charge is 0.486 e. The number of ether oxygens (including phenoxy) is 2. The number of rotatable bonds is 3. The SMILES string of the molecule is O=C(NOC1CCCC1)c1cccc2c1OCCO2. The molecule has 19 heavy (non-hydrogen) atoms. The molecule has 0 atom stereocenters. The minimum absolute atomic E-state index is 0.139. The van der Waals surface area contributed by atoms with E-state index in [0.29, 0.717) is 30.3 Å². The van der Waals surface area contributed by atoms with E-state index in [1.165, 1.54) is 0 Å². The van der Waals surface area contributed by atoms with Crippen LogP contribution in [0.1, 0.15) is 36.0 Å². The number of hydroxylamine groups is 1. The van der Waals surface area contributed by atoms with Gasteiger partial charge < -0.3 is 9.47 Å². The fourth-order valence-electron chi connectivity index (χ4n) is 2.45. The highest BCUT2D eigenvalue weighted by Gasteiger charge is 2.22. The highest BCUT2D eigenvalue weighted by molar-refractivity contribution is 5.97. The van der Waals surface area contributed by atoms with Crippen molar-refractivity contribution in [3.8, 4) is 11.5 Å². The molecule has 5 heteroatoms. The Morgan fingerprint density at radius 2 is 2.00 bits per heavy atom. The lowest BCUT2D eigenvalue weighted by atomic mass is 10.1. The summed E-state index contributed by atoms with van der Waals surface area (Å²) in [5.41, 5.74) is 2.97. The van der Waals surface area contributed by atoms with E-state index in [-0.39, 0.29) is 12.0 Å². The molecule has 1 N–H and O–H groups in total. The summed E-state index contributed by atoms with van der Waals surface area (Å²) >= 11 is 0. The van der Waals surface area contributed by atoms with E-state index in [1.807, 2.05) is 0 Å². The Kier molecular flexibility index (Phi) is 3.55. The molecular formula is C14H17NO4. The number of carbonyl (C=O) groups excluding carboxylic acids is 1. The average molecular weight is 263 g/mol. The van der Waals surface area contributed by atoms with Crippen LogP contribution in [0.5, 0.6) is 11.5 Å². The van der Waals surface area contributed by atoms with Gasteiger partial charge in [-0.15, -0.1) is 0 Å². The minimum atomic E-state index is -0.283. The zero-order valence-electron chi connectivity index (χ0n) is 10.7. The Balaban J connectivity index is 1.68. The lowest BCUT2D eigenvalue weighted by molar-refractivity contribution is -0.0127. The predicted octanol–water partition coefficient (Wildman–Crippen LogP) is 2.06. The van der Waals surface area contributed by atoms with Crippen molar-refractivity contribution in [2.75, 3.05) is 13.2 Å². The van der Waals surface area contributed by atoms with Crippen LogP contribution in [0.3, 0.4) is 0 Å². The van der Waals surface area contributed by atoms with Gasteiger partial charge in [-0.2, -0.15) is 0 Å². The van der Waals surface area contributed by atoms with Gasteiger partial charge in [-0.05, 0) is 25.0 Å². The smallest absolute Gasteiger partial charge is 0.278 e. The maximum atomic E-state index is 12.1.